The van der Waals surface area contributed by atoms with E-state index < -0.39 is 11.4 Å². The van der Waals surface area contributed by atoms with Gasteiger partial charge >= 0.3 is 5.97 Å². The van der Waals surface area contributed by atoms with E-state index in [1.807, 2.05) is 30.3 Å². The van der Waals surface area contributed by atoms with Gasteiger partial charge in [0, 0.05) is 32.3 Å². The van der Waals surface area contributed by atoms with E-state index in [1.165, 1.54) is 6.07 Å². The second kappa shape index (κ2) is 12.1. The predicted octanol–water partition coefficient (Wildman–Crippen LogP) is 5.13. The van der Waals surface area contributed by atoms with Gasteiger partial charge in [-0.05, 0) is 18.6 Å². The van der Waals surface area contributed by atoms with Crippen LogP contribution in [0.15, 0.2) is 64.0 Å². The van der Waals surface area contributed by atoms with Gasteiger partial charge in [-0.3, -0.25) is 4.79 Å². The summed E-state index contributed by atoms with van der Waals surface area (Å²) >= 11 is 6.44. The Labute approximate surface area is 196 Å². The molecule has 3 rings (SSSR count). The summed E-state index contributed by atoms with van der Waals surface area (Å²) < 4.78 is 27.3. The van der Waals surface area contributed by atoms with Gasteiger partial charge < -0.3 is 23.4 Å². The van der Waals surface area contributed by atoms with Crippen molar-refractivity contribution in [3.8, 4) is 22.8 Å². The van der Waals surface area contributed by atoms with E-state index in [1.54, 1.807) is 26.2 Å². The van der Waals surface area contributed by atoms with Gasteiger partial charge in [-0.1, -0.05) is 41.9 Å². The zero-order chi connectivity index (χ0) is 23.6. The molecule has 174 valence electrons. The maximum atomic E-state index is 12.5. The first-order chi connectivity index (χ1) is 16.0. The standard InChI is InChI=1S/C25H25ClO7/c1-3-30-25(28)19-16-33-22(13-21(19)27)18-12-20(26)24(31-11-7-10-29-2)14-23(18)32-15-17-8-5-4-6-9-17/h4-6,8-9,12-14,16H,3,7,10-11,15H2,1-2H3. The van der Waals surface area contributed by atoms with Crippen molar-refractivity contribution < 1.29 is 28.2 Å². The molecule has 0 N–H and O–H groups in total. The highest BCUT2D eigenvalue weighted by Gasteiger charge is 2.19. The van der Waals surface area contributed by atoms with Crippen LogP contribution in [0, 0.1) is 0 Å². The molecule has 1 aromatic heterocycles. The minimum atomic E-state index is -0.740. The molecule has 1 heterocycles. The molecule has 0 saturated heterocycles. The van der Waals surface area contributed by atoms with E-state index in [0.717, 1.165) is 11.8 Å². The number of methoxy groups -OCH3 is 1. The lowest BCUT2D eigenvalue weighted by atomic mass is 10.1. The van der Waals surface area contributed by atoms with Gasteiger partial charge in [-0.15, -0.1) is 0 Å². The minimum Gasteiger partial charge on any atom is -0.492 e. The third kappa shape index (κ3) is 6.60. The number of rotatable bonds is 11. The molecule has 0 atom stereocenters. The van der Waals surface area contributed by atoms with E-state index >= 15 is 0 Å². The molecule has 0 spiro atoms. The number of halogens is 1. The molecule has 0 saturated carbocycles. The normalized spacial score (nSPS) is 10.6. The minimum absolute atomic E-state index is 0.152. The number of carbonyl (C=O) groups excluding carboxylic acids is 1. The second-order valence-electron chi connectivity index (χ2n) is 6.99. The highest BCUT2D eigenvalue weighted by atomic mass is 35.5. The number of benzene rings is 2. The predicted molar refractivity (Wildman–Crippen MR) is 124 cm³/mol. The molecule has 0 fully saturated rings. The summed E-state index contributed by atoms with van der Waals surface area (Å²) in [5.41, 5.74) is 0.698. The van der Waals surface area contributed by atoms with Crippen molar-refractivity contribution in [3.63, 3.8) is 0 Å². The Bertz CT molecular complexity index is 1130. The maximum Gasteiger partial charge on any atom is 0.345 e. The Kier molecular flexibility index (Phi) is 8.92. The summed E-state index contributed by atoms with van der Waals surface area (Å²) in [6.45, 7) is 3.06. The van der Waals surface area contributed by atoms with Gasteiger partial charge in [0.1, 0.15) is 35.7 Å². The Hall–Kier alpha value is -3.29. The zero-order valence-corrected chi connectivity index (χ0v) is 19.2. The molecule has 33 heavy (non-hydrogen) atoms. The quantitative estimate of drug-likeness (QED) is 0.282. The Balaban J connectivity index is 1.94. The Morgan fingerprint density at radius 3 is 2.52 bits per heavy atom. The molecule has 0 aliphatic heterocycles. The van der Waals surface area contributed by atoms with E-state index in [0.29, 0.717) is 41.7 Å². The van der Waals surface area contributed by atoms with Crippen LogP contribution in [0.2, 0.25) is 5.02 Å². The highest BCUT2D eigenvalue weighted by Crippen LogP contribution is 2.39. The first kappa shape index (κ1) is 24.4. The molecule has 7 nitrogen and oxygen atoms in total. The monoisotopic (exact) mass is 472 g/mol. The van der Waals surface area contributed by atoms with Gasteiger partial charge in [-0.2, -0.15) is 0 Å². The van der Waals surface area contributed by atoms with E-state index in [4.69, 9.17) is 35.0 Å². The number of carbonyl (C=O) groups is 1. The highest BCUT2D eigenvalue weighted by molar-refractivity contribution is 6.32. The average Bonchev–Trinajstić information content (AvgIpc) is 2.82. The van der Waals surface area contributed by atoms with E-state index in [-0.39, 0.29) is 24.5 Å². The summed E-state index contributed by atoms with van der Waals surface area (Å²) in [5, 5.41) is 0.326. The molecule has 2 aromatic carbocycles. The fourth-order valence-corrected chi connectivity index (χ4v) is 3.21. The van der Waals surface area contributed by atoms with Crippen molar-refractivity contribution in [2.45, 2.75) is 20.0 Å². The third-order valence-electron chi connectivity index (χ3n) is 4.61. The lowest BCUT2D eigenvalue weighted by Crippen LogP contribution is -2.16. The number of hydrogen-bond donors (Lipinski definition) is 0. The lowest BCUT2D eigenvalue weighted by molar-refractivity contribution is 0.0522. The summed E-state index contributed by atoms with van der Waals surface area (Å²) in [4.78, 5) is 24.4. The van der Waals surface area contributed by atoms with Crippen LogP contribution in [-0.2, 0) is 16.1 Å². The molecule has 0 bridgehead atoms. The van der Waals surface area contributed by atoms with E-state index in [9.17, 15) is 9.59 Å². The molecule has 8 heteroatoms. The first-order valence-corrected chi connectivity index (χ1v) is 10.8. The third-order valence-corrected chi connectivity index (χ3v) is 4.91. The van der Waals surface area contributed by atoms with Crippen molar-refractivity contribution in [1.29, 1.82) is 0 Å². The molecular formula is C25H25ClO7. The van der Waals surface area contributed by atoms with Crippen molar-refractivity contribution in [3.05, 3.63) is 81.2 Å². The van der Waals surface area contributed by atoms with Crippen LogP contribution >= 0.6 is 11.6 Å². The fraction of sp³-hybridized carbons (Fsp3) is 0.280. The Morgan fingerprint density at radius 2 is 1.82 bits per heavy atom. The second-order valence-corrected chi connectivity index (χ2v) is 7.40. The van der Waals surface area contributed by atoms with Gasteiger partial charge in [0.25, 0.3) is 0 Å². The molecule has 0 radical (unpaired) electrons. The first-order valence-electron chi connectivity index (χ1n) is 10.5. The summed E-state index contributed by atoms with van der Waals surface area (Å²) in [7, 11) is 1.62. The van der Waals surface area contributed by atoms with E-state index in [2.05, 4.69) is 0 Å². The zero-order valence-electron chi connectivity index (χ0n) is 18.5. The van der Waals surface area contributed by atoms with Crippen molar-refractivity contribution in [2.24, 2.45) is 0 Å². The lowest BCUT2D eigenvalue weighted by Gasteiger charge is -2.15. The molecule has 0 aliphatic carbocycles. The average molecular weight is 473 g/mol. The molecule has 0 unspecified atom stereocenters. The van der Waals surface area contributed by atoms with Crippen LogP contribution in [-0.4, -0.2) is 32.9 Å². The largest absolute Gasteiger partial charge is 0.492 e. The van der Waals surface area contributed by atoms with Gasteiger partial charge in [-0.25, -0.2) is 4.79 Å². The van der Waals surface area contributed by atoms with Crippen LogP contribution in [0.1, 0.15) is 29.3 Å². The van der Waals surface area contributed by atoms with Crippen LogP contribution < -0.4 is 14.9 Å². The van der Waals surface area contributed by atoms with Crippen LogP contribution in [0.25, 0.3) is 11.3 Å². The number of esters is 1. The van der Waals surface area contributed by atoms with Crippen molar-refractivity contribution in [2.75, 3.05) is 26.9 Å². The van der Waals surface area contributed by atoms with Crippen LogP contribution in [0.3, 0.4) is 0 Å². The van der Waals surface area contributed by atoms with Gasteiger partial charge in [0.15, 0.2) is 5.43 Å². The fourth-order valence-electron chi connectivity index (χ4n) is 2.99. The number of hydrogen-bond acceptors (Lipinski definition) is 7. The molecule has 0 aliphatic rings. The number of ether oxygens (including phenoxy) is 4. The van der Waals surface area contributed by atoms with Gasteiger partial charge in [0.05, 0.1) is 23.8 Å². The molecular weight excluding hydrogens is 448 g/mol. The van der Waals surface area contributed by atoms with Crippen LogP contribution in [0.5, 0.6) is 11.5 Å². The molecule has 0 amide bonds. The van der Waals surface area contributed by atoms with Crippen LogP contribution in [0.4, 0.5) is 0 Å². The van der Waals surface area contributed by atoms with Crippen molar-refractivity contribution in [1.82, 2.24) is 0 Å². The maximum absolute atomic E-state index is 12.5. The SMILES string of the molecule is CCOC(=O)c1coc(-c2cc(Cl)c(OCCCOC)cc2OCc2ccccc2)cc1=O. The van der Waals surface area contributed by atoms with Gasteiger partial charge in [0.2, 0.25) is 0 Å². The summed E-state index contributed by atoms with van der Waals surface area (Å²) in [6, 6.07) is 14.1. The topological polar surface area (TPSA) is 84.2 Å². The van der Waals surface area contributed by atoms with Crippen molar-refractivity contribution >= 4 is 17.6 Å². The smallest absolute Gasteiger partial charge is 0.345 e. The summed E-state index contributed by atoms with van der Waals surface area (Å²) in [6.07, 6.45) is 1.78. The summed E-state index contributed by atoms with van der Waals surface area (Å²) in [5.74, 6) is 0.308. The Morgan fingerprint density at radius 1 is 1.03 bits per heavy atom. The molecule has 3 aromatic rings.